The number of aryl methyl sites for hydroxylation is 1. The number of rotatable bonds is 8. The summed E-state index contributed by atoms with van der Waals surface area (Å²) in [6, 6.07) is 20.4. The Morgan fingerprint density at radius 3 is 2.11 bits per heavy atom. The Hall–Kier alpha value is -5.91. The normalized spacial score (nSPS) is 11.3. The number of aromatic amines is 1. The van der Waals surface area contributed by atoms with Gasteiger partial charge in [-0.3, -0.25) is 19.6 Å². The van der Waals surface area contributed by atoms with Gasteiger partial charge in [0.15, 0.2) is 0 Å². The standard InChI is InChI=1S/C35H33F2N7O3/c1-20-11-13-23(14-12-20)43(29-19-27(41-42-29)35(2,3)4)30(45)18-21-7-5-8-22(17-21)31-24(33(38)46)15-16-28(40-31)44(34(39)47)32-25(36)9-6-10-26(32)37/h5-17,19H,18H2,1-4H3,(H2,38,46)(H2,39,47)(H,41,42). The fraction of sp³-hybridized carbons (Fsp3) is 0.171. The van der Waals surface area contributed by atoms with Crippen LogP contribution in [0.4, 0.5) is 36.6 Å². The molecule has 5 aromatic rings. The van der Waals surface area contributed by atoms with Crippen LogP contribution in [0.2, 0.25) is 0 Å². The van der Waals surface area contributed by atoms with E-state index >= 15 is 0 Å². The van der Waals surface area contributed by atoms with Crippen LogP contribution < -0.4 is 21.3 Å². The number of amides is 4. The number of benzene rings is 3. The van der Waals surface area contributed by atoms with Crippen molar-refractivity contribution >= 4 is 40.9 Å². The van der Waals surface area contributed by atoms with Crippen molar-refractivity contribution in [2.75, 3.05) is 9.80 Å². The Balaban J connectivity index is 1.54. The number of carbonyl (C=O) groups excluding carboxylic acids is 3. The number of H-pyrrole nitrogens is 1. The van der Waals surface area contributed by atoms with Crippen LogP contribution in [0.1, 0.15) is 48.0 Å². The van der Waals surface area contributed by atoms with E-state index in [9.17, 15) is 23.2 Å². The molecule has 2 heterocycles. The number of hydrogen-bond acceptors (Lipinski definition) is 5. The molecule has 0 saturated heterocycles. The van der Waals surface area contributed by atoms with E-state index in [1.54, 1.807) is 29.2 Å². The van der Waals surface area contributed by atoms with Gasteiger partial charge in [-0.15, -0.1) is 0 Å². The topological polar surface area (TPSA) is 151 Å². The molecule has 2 aromatic heterocycles. The maximum absolute atomic E-state index is 14.7. The van der Waals surface area contributed by atoms with E-state index in [2.05, 4.69) is 15.2 Å². The predicted octanol–water partition coefficient (Wildman–Crippen LogP) is 6.58. The van der Waals surface area contributed by atoms with Gasteiger partial charge in [0.2, 0.25) is 5.91 Å². The molecule has 0 aliphatic carbocycles. The van der Waals surface area contributed by atoms with Crippen molar-refractivity contribution in [3.05, 3.63) is 119 Å². The SMILES string of the molecule is Cc1ccc(N(C(=O)Cc2cccc(-c3nc(N(C(N)=O)c4c(F)cccc4F)ccc3C(N)=O)c2)c2cc(C(C)(C)C)n[nH]2)cc1. The molecular formula is C35H33F2N7O3. The number of urea groups is 1. The minimum atomic E-state index is -1.21. The number of para-hydroxylation sites is 1. The van der Waals surface area contributed by atoms with Crippen molar-refractivity contribution < 1.29 is 23.2 Å². The lowest BCUT2D eigenvalue weighted by molar-refractivity contribution is -0.117. The average Bonchev–Trinajstić information content (AvgIpc) is 3.50. The summed E-state index contributed by atoms with van der Waals surface area (Å²) in [5, 5.41) is 7.43. The molecule has 5 N–H and O–H groups in total. The zero-order chi connectivity index (χ0) is 34.0. The second-order valence-corrected chi connectivity index (χ2v) is 12.0. The van der Waals surface area contributed by atoms with Crippen molar-refractivity contribution in [1.29, 1.82) is 0 Å². The molecule has 0 spiro atoms. The number of nitrogens with zero attached hydrogens (tertiary/aromatic N) is 4. The van der Waals surface area contributed by atoms with Gasteiger partial charge in [-0.2, -0.15) is 5.10 Å². The van der Waals surface area contributed by atoms with Crippen LogP contribution in [0, 0.1) is 18.6 Å². The van der Waals surface area contributed by atoms with Gasteiger partial charge in [-0.05, 0) is 55.0 Å². The molecule has 0 aliphatic rings. The number of nitrogens with two attached hydrogens (primary N) is 2. The quantitative estimate of drug-likeness (QED) is 0.176. The minimum absolute atomic E-state index is 0.0195. The third kappa shape index (κ3) is 6.86. The lowest BCUT2D eigenvalue weighted by atomic mass is 9.92. The lowest BCUT2D eigenvalue weighted by Crippen LogP contribution is -2.33. The molecule has 5 rings (SSSR count). The smallest absolute Gasteiger partial charge is 0.325 e. The van der Waals surface area contributed by atoms with E-state index in [1.807, 2.05) is 58.0 Å². The fourth-order valence-electron chi connectivity index (χ4n) is 5.04. The summed E-state index contributed by atoms with van der Waals surface area (Å²) in [7, 11) is 0. The maximum atomic E-state index is 14.7. The maximum Gasteiger partial charge on any atom is 0.325 e. The summed E-state index contributed by atoms with van der Waals surface area (Å²) in [5.41, 5.74) is 13.6. The number of hydrogen-bond donors (Lipinski definition) is 3. The zero-order valence-corrected chi connectivity index (χ0v) is 26.2. The van der Waals surface area contributed by atoms with Gasteiger partial charge in [0, 0.05) is 17.0 Å². The van der Waals surface area contributed by atoms with Gasteiger partial charge in [-0.1, -0.05) is 62.7 Å². The molecule has 240 valence electrons. The average molecular weight is 638 g/mol. The molecular weight excluding hydrogens is 604 g/mol. The first-order valence-electron chi connectivity index (χ1n) is 14.6. The Bertz CT molecular complexity index is 1960. The van der Waals surface area contributed by atoms with Gasteiger partial charge in [0.25, 0.3) is 5.91 Å². The van der Waals surface area contributed by atoms with Crippen LogP contribution in [-0.2, 0) is 16.6 Å². The van der Waals surface area contributed by atoms with Crippen LogP contribution in [0.25, 0.3) is 11.3 Å². The van der Waals surface area contributed by atoms with E-state index < -0.39 is 29.3 Å². The van der Waals surface area contributed by atoms with E-state index in [-0.39, 0.29) is 34.8 Å². The number of nitrogens with one attached hydrogen (secondary N) is 1. The number of aromatic nitrogens is 3. The zero-order valence-electron chi connectivity index (χ0n) is 26.2. The molecule has 47 heavy (non-hydrogen) atoms. The van der Waals surface area contributed by atoms with Crippen molar-refractivity contribution in [1.82, 2.24) is 15.2 Å². The number of halogens is 2. The van der Waals surface area contributed by atoms with Crippen LogP contribution in [-0.4, -0.2) is 33.0 Å². The Morgan fingerprint density at radius 1 is 0.851 bits per heavy atom. The molecule has 0 atom stereocenters. The van der Waals surface area contributed by atoms with E-state index in [4.69, 9.17) is 11.5 Å². The van der Waals surface area contributed by atoms with Crippen molar-refractivity contribution in [3.63, 3.8) is 0 Å². The number of primary amides is 2. The van der Waals surface area contributed by atoms with Crippen LogP contribution >= 0.6 is 0 Å². The van der Waals surface area contributed by atoms with E-state index in [0.717, 1.165) is 29.5 Å². The monoisotopic (exact) mass is 637 g/mol. The third-order valence-corrected chi connectivity index (χ3v) is 7.43. The van der Waals surface area contributed by atoms with E-state index in [1.165, 1.54) is 12.1 Å². The molecule has 0 bridgehead atoms. The summed E-state index contributed by atoms with van der Waals surface area (Å²) >= 11 is 0. The van der Waals surface area contributed by atoms with Gasteiger partial charge in [0.1, 0.15) is 29.0 Å². The highest BCUT2D eigenvalue weighted by Gasteiger charge is 2.27. The Kier molecular flexibility index (Phi) is 8.87. The first-order valence-corrected chi connectivity index (χ1v) is 14.6. The number of anilines is 4. The Labute approximate surface area is 270 Å². The molecule has 10 nitrogen and oxygen atoms in total. The minimum Gasteiger partial charge on any atom is -0.366 e. The summed E-state index contributed by atoms with van der Waals surface area (Å²) in [6.45, 7) is 8.02. The first-order chi connectivity index (χ1) is 22.2. The molecule has 0 radical (unpaired) electrons. The van der Waals surface area contributed by atoms with Crippen molar-refractivity contribution in [3.8, 4) is 11.3 Å². The molecule has 0 saturated carbocycles. The van der Waals surface area contributed by atoms with Gasteiger partial charge < -0.3 is 11.5 Å². The highest BCUT2D eigenvalue weighted by Crippen LogP contribution is 2.33. The lowest BCUT2D eigenvalue weighted by Gasteiger charge is -2.22. The summed E-state index contributed by atoms with van der Waals surface area (Å²) in [4.78, 5) is 45.4. The van der Waals surface area contributed by atoms with Crippen LogP contribution in [0.3, 0.4) is 0 Å². The molecule has 3 aromatic carbocycles. The van der Waals surface area contributed by atoms with Gasteiger partial charge in [0.05, 0.1) is 29.1 Å². The fourth-order valence-corrected chi connectivity index (χ4v) is 5.04. The third-order valence-electron chi connectivity index (χ3n) is 7.43. The van der Waals surface area contributed by atoms with Gasteiger partial charge in [-0.25, -0.2) is 23.5 Å². The molecule has 12 heteroatoms. The second-order valence-electron chi connectivity index (χ2n) is 12.0. The van der Waals surface area contributed by atoms with Crippen LogP contribution in [0.15, 0.2) is 84.9 Å². The first kappa shape index (κ1) is 32.5. The van der Waals surface area contributed by atoms with Crippen LogP contribution in [0.5, 0.6) is 0 Å². The van der Waals surface area contributed by atoms with E-state index in [0.29, 0.717) is 27.5 Å². The molecule has 4 amide bonds. The van der Waals surface area contributed by atoms with Crippen molar-refractivity contribution in [2.24, 2.45) is 11.5 Å². The highest BCUT2D eigenvalue weighted by atomic mass is 19.1. The Morgan fingerprint density at radius 2 is 1.51 bits per heavy atom. The second kappa shape index (κ2) is 12.8. The van der Waals surface area contributed by atoms with Gasteiger partial charge >= 0.3 is 6.03 Å². The molecule has 0 fully saturated rings. The number of carbonyl (C=O) groups is 3. The summed E-state index contributed by atoms with van der Waals surface area (Å²) in [5.74, 6) is -2.95. The highest BCUT2D eigenvalue weighted by molar-refractivity contribution is 6.03. The molecule has 0 unspecified atom stereocenters. The van der Waals surface area contributed by atoms with Crippen molar-refractivity contribution in [2.45, 2.75) is 39.5 Å². The summed E-state index contributed by atoms with van der Waals surface area (Å²) < 4.78 is 29.4. The summed E-state index contributed by atoms with van der Waals surface area (Å²) in [6.07, 6.45) is -0.0645. The predicted molar refractivity (Wildman–Crippen MR) is 176 cm³/mol. The number of pyridine rings is 1. The molecule has 0 aliphatic heterocycles. The largest absolute Gasteiger partial charge is 0.366 e.